The molecule has 4 rings (SSSR count). The van der Waals surface area contributed by atoms with Crippen LogP contribution >= 0.6 is 0 Å². The molecule has 1 aromatic rings. The molecular weight excluding hydrogens is 268 g/mol. The number of fused-ring (bicyclic) bond motifs is 1. The predicted molar refractivity (Wildman–Crippen MR) is 77.6 cm³/mol. The summed E-state index contributed by atoms with van der Waals surface area (Å²) in [6.07, 6.45) is 5.02. The zero-order valence-corrected chi connectivity index (χ0v) is 12.2. The quantitative estimate of drug-likeness (QED) is 0.910. The molecule has 2 atom stereocenters. The third kappa shape index (κ3) is 2.40. The van der Waals surface area contributed by atoms with E-state index in [4.69, 9.17) is 14.2 Å². The molecule has 1 N–H and O–H groups in total. The number of aliphatic hydroxyl groups is 1. The maximum absolute atomic E-state index is 10.7. The zero-order valence-electron chi connectivity index (χ0n) is 12.2. The van der Waals surface area contributed by atoms with Crippen LogP contribution in [0.2, 0.25) is 0 Å². The molecule has 0 radical (unpaired) electrons. The van der Waals surface area contributed by atoms with Crippen LogP contribution in [-0.2, 0) is 4.74 Å². The fourth-order valence-corrected chi connectivity index (χ4v) is 3.77. The highest BCUT2D eigenvalue weighted by Gasteiger charge is 2.44. The molecule has 2 aliphatic heterocycles. The second-order valence-corrected chi connectivity index (χ2v) is 6.49. The maximum atomic E-state index is 10.7. The summed E-state index contributed by atoms with van der Waals surface area (Å²) >= 11 is 0. The van der Waals surface area contributed by atoms with Crippen molar-refractivity contribution in [1.29, 1.82) is 0 Å². The SMILES string of the molecule is OC(c1ccc2c(c1)OCCO2)C1CCOC2(CCC2)C1. The Labute approximate surface area is 125 Å². The molecule has 1 aromatic carbocycles. The van der Waals surface area contributed by atoms with Gasteiger partial charge >= 0.3 is 0 Å². The molecule has 0 aromatic heterocycles. The Bertz CT molecular complexity index is 524. The highest BCUT2D eigenvalue weighted by molar-refractivity contribution is 5.44. The molecule has 1 saturated carbocycles. The number of benzene rings is 1. The van der Waals surface area contributed by atoms with E-state index in [1.165, 1.54) is 6.42 Å². The average Bonchev–Trinajstić information content (AvgIpc) is 2.52. The number of aliphatic hydroxyl groups excluding tert-OH is 1. The lowest BCUT2D eigenvalue weighted by atomic mass is 9.70. The Morgan fingerprint density at radius 3 is 2.67 bits per heavy atom. The summed E-state index contributed by atoms with van der Waals surface area (Å²) in [7, 11) is 0. The summed E-state index contributed by atoms with van der Waals surface area (Å²) < 4.78 is 17.1. The molecular formula is C17H22O4. The van der Waals surface area contributed by atoms with Crippen LogP contribution in [0.3, 0.4) is 0 Å². The molecule has 2 fully saturated rings. The molecule has 21 heavy (non-hydrogen) atoms. The van der Waals surface area contributed by atoms with Crippen molar-refractivity contribution >= 4 is 0 Å². The van der Waals surface area contributed by atoms with Crippen molar-refractivity contribution in [3.63, 3.8) is 0 Å². The van der Waals surface area contributed by atoms with Gasteiger partial charge in [0.25, 0.3) is 0 Å². The Kier molecular flexibility index (Phi) is 3.31. The largest absolute Gasteiger partial charge is 0.486 e. The van der Waals surface area contributed by atoms with Gasteiger partial charge < -0.3 is 19.3 Å². The first-order chi connectivity index (χ1) is 10.3. The van der Waals surface area contributed by atoms with E-state index in [2.05, 4.69) is 0 Å². The maximum Gasteiger partial charge on any atom is 0.161 e. The number of hydrogen-bond donors (Lipinski definition) is 1. The fraction of sp³-hybridized carbons (Fsp3) is 0.647. The predicted octanol–water partition coefficient (Wildman–Crippen LogP) is 2.84. The fourth-order valence-electron chi connectivity index (χ4n) is 3.77. The molecule has 114 valence electrons. The van der Waals surface area contributed by atoms with Gasteiger partial charge in [-0.25, -0.2) is 0 Å². The second kappa shape index (κ2) is 5.18. The van der Waals surface area contributed by atoms with Gasteiger partial charge in [0.15, 0.2) is 11.5 Å². The minimum absolute atomic E-state index is 0.0672. The Morgan fingerprint density at radius 1 is 1.10 bits per heavy atom. The minimum atomic E-state index is -0.442. The minimum Gasteiger partial charge on any atom is -0.486 e. The van der Waals surface area contributed by atoms with Crippen LogP contribution in [0, 0.1) is 5.92 Å². The van der Waals surface area contributed by atoms with Crippen LogP contribution in [0.15, 0.2) is 18.2 Å². The van der Waals surface area contributed by atoms with Crippen LogP contribution in [0.1, 0.15) is 43.8 Å². The highest BCUT2D eigenvalue weighted by Crippen LogP contribution is 2.47. The van der Waals surface area contributed by atoms with Gasteiger partial charge in [0.1, 0.15) is 13.2 Å². The van der Waals surface area contributed by atoms with E-state index in [0.29, 0.717) is 13.2 Å². The summed E-state index contributed by atoms with van der Waals surface area (Å²) in [5.74, 6) is 1.81. The van der Waals surface area contributed by atoms with Crippen LogP contribution < -0.4 is 9.47 Å². The van der Waals surface area contributed by atoms with Gasteiger partial charge in [0.05, 0.1) is 11.7 Å². The topological polar surface area (TPSA) is 47.9 Å². The summed E-state index contributed by atoms with van der Waals surface area (Å²) in [5, 5.41) is 10.7. The lowest BCUT2D eigenvalue weighted by Crippen LogP contribution is -2.46. The highest BCUT2D eigenvalue weighted by atomic mass is 16.6. The van der Waals surface area contributed by atoms with Gasteiger partial charge in [-0.05, 0) is 55.7 Å². The first-order valence-electron chi connectivity index (χ1n) is 7.97. The Morgan fingerprint density at radius 2 is 1.90 bits per heavy atom. The van der Waals surface area contributed by atoms with Crippen LogP contribution in [0.4, 0.5) is 0 Å². The smallest absolute Gasteiger partial charge is 0.161 e. The van der Waals surface area contributed by atoms with Crippen molar-refractivity contribution in [3.8, 4) is 11.5 Å². The monoisotopic (exact) mass is 290 g/mol. The second-order valence-electron chi connectivity index (χ2n) is 6.49. The van der Waals surface area contributed by atoms with Crippen molar-refractivity contribution in [2.75, 3.05) is 19.8 Å². The Hall–Kier alpha value is -1.26. The van der Waals surface area contributed by atoms with Gasteiger partial charge in [-0.1, -0.05) is 6.07 Å². The lowest BCUT2D eigenvalue weighted by Gasteiger charge is -2.48. The normalized spacial score (nSPS) is 28.0. The van der Waals surface area contributed by atoms with Gasteiger partial charge in [-0.2, -0.15) is 0 Å². The lowest BCUT2D eigenvalue weighted by molar-refractivity contribution is -0.157. The van der Waals surface area contributed by atoms with E-state index < -0.39 is 6.10 Å². The third-order valence-electron chi connectivity index (χ3n) is 5.15. The number of rotatable bonds is 2. The van der Waals surface area contributed by atoms with Crippen LogP contribution in [-0.4, -0.2) is 30.5 Å². The zero-order chi connectivity index (χ0) is 14.3. The van der Waals surface area contributed by atoms with E-state index in [-0.39, 0.29) is 11.5 Å². The molecule has 1 saturated heterocycles. The van der Waals surface area contributed by atoms with Crippen molar-refractivity contribution in [2.24, 2.45) is 5.92 Å². The standard InChI is InChI=1S/C17H22O4/c18-16(13-4-7-21-17(11-13)5-1-6-17)12-2-3-14-15(10-12)20-9-8-19-14/h2-3,10,13,16,18H,1,4-9,11H2. The molecule has 2 unspecified atom stereocenters. The van der Waals surface area contributed by atoms with E-state index in [1.54, 1.807) is 0 Å². The molecule has 2 heterocycles. The van der Waals surface area contributed by atoms with E-state index in [9.17, 15) is 5.11 Å². The number of ether oxygens (including phenoxy) is 3. The van der Waals surface area contributed by atoms with E-state index in [0.717, 1.165) is 49.4 Å². The van der Waals surface area contributed by atoms with Crippen molar-refractivity contribution < 1.29 is 19.3 Å². The summed E-state index contributed by atoms with van der Waals surface area (Å²) in [4.78, 5) is 0. The summed E-state index contributed by atoms with van der Waals surface area (Å²) in [5.41, 5.74) is 0.998. The molecule has 1 aliphatic carbocycles. The molecule has 1 spiro atoms. The average molecular weight is 290 g/mol. The summed E-state index contributed by atoms with van der Waals surface area (Å²) in [6.45, 7) is 1.94. The molecule has 0 bridgehead atoms. The first-order valence-corrected chi connectivity index (χ1v) is 7.97. The van der Waals surface area contributed by atoms with Crippen LogP contribution in [0.25, 0.3) is 0 Å². The molecule has 0 amide bonds. The molecule has 3 aliphatic rings. The van der Waals surface area contributed by atoms with Crippen molar-refractivity contribution in [2.45, 2.75) is 43.8 Å². The third-order valence-corrected chi connectivity index (χ3v) is 5.15. The van der Waals surface area contributed by atoms with Gasteiger partial charge in [0, 0.05) is 6.61 Å². The van der Waals surface area contributed by atoms with E-state index >= 15 is 0 Å². The van der Waals surface area contributed by atoms with Crippen LogP contribution in [0.5, 0.6) is 11.5 Å². The van der Waals surface area contributed by atoms with Gasteiger partial charge in [-0.15, -0.1) is 0 Å². The number of hydrogen-bond acceptors (Lipinski definition) is 4. The molecule has 4 heteroatoms. The van der Waals surface area contributed by atoms with Gasteiger partial charge in [0.2, 0.25) is 0 Å². The van der Waals surface area contributed by atoms with Crippen molar-refractivity contribution in [1.82, 2.24) is 0 Å². The van der Waals surface area contributed by atoms with Gasteiger partial charge in [-0.3, -0.25) is 0 Å². The van der Waals surface area contributed by atoms with Crippen molar-refractivity contribution in [3.05, 3.63) is 23.8 Å². The Balaban J connectivity index is 1.52. The summed E-state index contributed by atoms with van der Waals surface area (Å²) in [6, 6.07) is 5.80. The molecule has 4 nitrogen and oxygen atoms in total. The van der Waals surface area contributed by atoms with E-state index in [1.807, 2.05) is 18.2 Å². The first kappa shape index (κ1) is 13.4.